The summed E-state index contributed by atoms with van der Waals surface area (Å²) in [5, 5.41) is 3.05. The second kappa shape index (κ2) is 13.7. The molecule has 0 aliphatic heterocycles. The van der Waals surface area contributed by atoms with Gasteiger partial charge in [0.25, 0.3) is 5.91 Å². The van der Waals surface area contributed by atoms with E-state index >= 15 is 0 Å². The molecule has 3 rings (SSSR count). The first-order chi connectivity index (χ1) is 18.2. The van der Waals surface area contributed by atoms with Crippen molar-refractivity contribution in [2.45, 2.75) is 53.6 Å². The fourth-order valence-corrected chi connectivity index (χ4v) is 4.32. The summed E-state index contributed by atoms with van der Waals surface area (Å²) in [6.07, 6.45) is 0.392. The Kier molecular flexibility index (Phi) is 10.3. The SMILES string of the molecule is COc1cccc(CN(C(=O)COc2cc(C)cc(C)c2C)[C@@H](Cc2ccccc2)C(=O)NCC(C)C)c1. The minimum atomic E-state index is -0.709. The normalized spacial score (nSPS) is 11.7. The van der Waals surface area contributed by atoms with E-state index in [2.05, 4.69) is 11.4 Å². The van der Waals surface area contributed by atoms with E-state index in [1.165, 1.54) is 0 Å². The van der Waals surface area contributed by atoms with Crippen LogP contribution in [0, 0.1) is 26.7 Å². The van der Waals surface area contributed by atoms with Gasteiger partial charge < -0.3 is 19.7 Å². The maximum absolute atomic E-state index is 13.8. The molecule has 202 valence electrons. The monoisotopic (exact) mass is 516 g/mol. The van der Waals surface area contributed by atoms with Gasteiger partial charge in [0.05, 0.1) is 7.11 Å². The lowest BCUT2D eigenvalue weighted by Crippen LogP contribution is -2.52. The van der Waals surface area contributed by atoms with E-state index in [1.54, 1.807) is 12.0 Å². The number of benzene rings is 3. The van der Waals surface area contributed by atoms with E-state index in [0.29, 0.717) is 24.5 Å². The van der Waals surface area contributed by atoms with Gasteiger partial charge in [-0.3, -0.25) is 9.59 Å². The van der Waals surface area contributed by atoms with Gasteiger partial charge in [-0.05, 0) is 72.7 Å². The van der Waals surface area contributed by atoms with E-state index in [9.17, 15) is 9.59 Å². The van der Waals surface area contributed by atoms with Crippen LogP contribution >= 0.6 is 0 Å². The number of hydrogen-bond acceptors (Lipinski definition) is 4. The molecule has 0 aromatic heterocycles. The zero-order valence-corrected chi connectivity index (χ0v) is 23.4. The van der Waals surface area contributed by atoms with Gasteiger partial charge in [-0.1, -0.05) is 62.4 Å². The smallest absolute Gasteiger partial charge is 0.261 e. The van der Waals surface area contributed by atoms with E-state index in [4.69, 9.17) is 9.47 Å². The molecule has 0 radical (unpaired) electrons. The molecule has 38 heavy (non-hydrogen) atoms. The average Bonchev–Trinajstić information content (AvgIpc) is 2.90. The number of rotatable bonds is 12. The molecule has 0 heterocycles. The van der Waals surface area contributed by atoms with Crippen LogP contribution in [0.5, 0.6) is 11.5 Å². The van der Waals surface area contributed by atoms with E-state index in [0.717, 1.165) is 27.8 Å². The molecule has 0 saturated carbocycles. The molecule has 0 bridgehead atoms. The maximum Gasteiger partial charge on any atom is 0.261 e. The lowest BCUT2D eigenvalue weighted by molar-refractivity contribution is -0.142. The number of ether oxygens (including phenoxy) is 2. The molecule has 6 nitrogen and oxygen atoms in total. The third kappa shape index (κ3) is 8.10. The zero-order valence-electron chi connectivity index (χ0n) is 23.4. The van der Waals surface area contributed by atoms with Gasteiger partial charge in [-0.25, -0.2) is 0 Å². The Morgan fingerprint density at radius 2 is 1.63 bits per heavy atom. The molecule has 0 fully saturated rings. The van der Waals surface area contributed by atoms with Crippen molar-refractivity contribution in [3.8, 4) is 11.5 Å². The highest BCUT2D eigenvalue weighted by atomic mass is 16.5. The Hall–Kier alpha value is -3.80. The quantitative estimate of drug-likeness (QED) is 0.349. The molecule has 0 spiro atoms. The highest BCUT2D eigenvalue weighted by molar-refractivity contribution is 5.88. The number of amides is 2. The van der Waals surface area contributed by atoms with E-state index < -0.39 is 6.04 Å². The van der Waals surface area contributed by atoms with Crippen molar-refractivity contribution in [1.82, 2.24) is 10.2 Å². The van der Waals surface area contributed by atoms with Crippen LogP contribution in [0.4, 0.5) is 0 Å². The van der Waals surface area contributed by atoms with E-state index in [1.807, 2.05) is 95.3 Å². The summed E-state index contributed by atoms with van der Waals surface area (Å²) in [4.78, 5) is 29.0. The summed E-state index contributed by atoms with van der Waals surface area (Å²) in [6, 6.07) is 20.7. The van der Waals surface area contributed by atoms with Crippen LogP contribution in [-0.4, -0.2) is 43.0 Å². The van der Waals surface area contributed by atoms with Crippen molar-refractivity contribution < 1.29 is 19.1 Å². The molecule has 0 aliphatic carbocycles. The summed E-state index contributed by atoms with van der Waals surface area (Å²) >= 11 is 0. The Balaban J connectivity index is 1.95. The minimum Gasteiger partial charge on any atom is -0.497 e. The van der Waals surface area contributed by atoms with Gasteiger partial charge >= 0.3 is 0 Å². The molecule has 1 atom stereocenters. The highest BCUT2D eigenvalue weighted by Gasteiger charge is 2.31. The highest BCUT2D eigenvalue weighted by Crippen LogP contribution is 2.24. The summed E-state index contributed by atoms with van der Waals surface area (Å²) in [6.45, 7) is 10.7. The molecular formula is C32H40N2O4. The topological polar surface area (TPSA) is 67.9 Å². The Labute approximate surface area is 227 Å². The fourth-order valence-electron chi connectivity index (χ4n) is 4.32. The number of hydrogen-bond donors (Lipinski definition) is 1. The molecule has 1 N–H and O–H groups in total. The lowest BCUT2D eigenvalue weighted by atomic mass is 10.0. The molecule has 0 unspecified atom stereocenters. The van der Waals surface area contributed by atoms with Crippen LogP contribution in [-0.2, 0) is 22.6 Å². The number of carbonyl (C=O) groups excluding carboxylic acids is 2. The van der Waals surface area contributed by atoms with Crippen molar-refractivity contribution in [3.63, 3.8) is 0 Å². The predicted octanol–water partition coefficient (Wildman–Crippen LogP) is 5.41. The molecular weight excluding hydrogens is 476 g/mol. The molecule has 0 aliphatic rings. The minimum absolute atomic E-state index is 0.170. The summed E-state index contributed by atoms with van der Waals surface area (Å²) in [5.74, 6) is 1.23. The maximum atomic E-state index is 13.8. The summed E-state index contributed by atoms with van der Waals surface area (Å²) in [5.41, 5.74) is 5.02. The van der Waals surface area contributed by atoms with Crippen LogP contribution in [0.3, 0.4) is 0 Å². The van der Waals surface area contributed by atoms with Crippen molar-refractivity contribution in [2.75, 3.05) is 20.3 Å². The van der Waals surface area contributed by atoms with Crippen molar-refractivity contribution >= 4 is 11.8 Å². The standard InChI is InChI=1S/C32H40N2O4/c1-22(2)19-33-32(36)29(18-26-11-8-7-9-12-26)34(20-27-13-10-14-28(17-27)37-6)31(35)21-38-30-16-23(3)15-24(4)25(30)5/h7-17,22,29H,18-21H2,1-6H3,(H,33,36)/t29-/m0/s1. The largest absolute Gasteiger partial charge is 0.497 e. The first kappa shape index (κ1) is 28.8. The Morgan fingerprint density at radius 1 is 0.921 bits per heavy atom. The third-order valence-electron chi connectivity index (χ3n) is 6.56. The van der Waals surface area contributed by atoms with Crippen molar-refractivity contribution in [1.29, 1.82) is 0 Å². The molecule has 3 aromatic carbocycles. The second-order valence-corrected chi connectivity index (χ2v) is 10.2. The predicted molar refractivity (Wildman–Crippen MR) is 151 cm³/mol. The third-order valence-corrected chi connectivity index (χ3v) is 6.56. The second-order valence-electron chi connectivity index (χ2n) is 10.2. The van der Waals surface area contributed by atoms with Crippen LogP contribution < -0.4 is 14.8 Å². The van der Waals surface area contributed by atoms with Gasteiger partial charge in [0.15, 0.2) is 6.61 Å². The molecule has 2 amide bonds. The fraction of sp³-hybridized carbons (Fsp3) is 0.375. The first-order valence-corrected chi connectivity index (χ1v) is 13.1. The number of nitrogens with one attached hydrogen (secondary N) is 1. The van der Waals surface area contributed by atoms with Crippen LogP contribution in [0.15, 0.2) is 66.7 Å². The number of carbonyl (C=O) groups is 2. The van der Waals surface area contributed by atoms with Gasteiger partial charge in [0, 0.05) is 19.5 Å². The summed E-state index contributed by atoms with van der Waals surface area (Å²) < 4.78 is 11.5. The van der Waals surface area contributed by atoms with Crippen LogP contribution in [0.2, 0.25) is 0 Å². The number of methoxy groups -OCH3 is 1. The first-order valence-electron chi connectivity index (χ1n) is 13.1. The van der Waals surface area contributed by atoms with Gasteiger partial charge in [0.2, 0.25) is 5.91 Å². The van der Waals surface area contributed by atoms with Gasteiger partial charge in [0.1, 0.15) is 17.5 Å². The van der Waals surface area contributed by atoms with Crippen LogP contribution in [0.1, 0.15) is 41.7 Å². The molecule has 0 saturated heterocycles. The van der Waals surface area contributed by atoms with E-state index in [-0.39, 0.29) is 30.9 Å². The van der Waals surface area contributed by atoms with Gasteiger partial charge in [-0.2, -0.15) is 0 Å². The lowest BCUT2D eigenvalue weighted by Gasteiger charge is -2.32. The van der Waals surface area contributed by atoms with Crippen molar-refractivity contribution in [3.05, 3.63) is 94.5 Å². The Bertz CT molecular complexity index is 1220. The number of nitrogens with zero attached hydrogens (tertiary/aromatic N) is 1. The van der Waals surface area contributed by atoms with Crippen molar-refractivity contribution in [2.24, 2.45) is 5.92 Å². The number of aryl methyl sites for hydroxylation is 2. The average molecular weight is 517 g/mol. The molecule has 6 heteroatoms. The molecule has 3 aromatic rings. The summed E-state index contributed by atoms with van der Waals surface area (Å²) in [7, 11) is 1.61. The van der Waals surface area contributed by atoms with Gasteiger partial charge in [-0.15, -0.1) is 0 Å². The zero-order chi connectivity index (χ0) is 27.7. The Morgan fingerprint density at radius 3 is 2.32 bits per heavy atom. The van der Waals surface area contributed by atoms with Crippen LogP contribution in [0.25, 0.3) is 0 Å².